The molecule has 0 aromatic carbocycles. The maximum Gasteiger partial charge on any atom is 0.303 e. The van der Waals surface area contributed by atoms with Crippen molar-refractivity contribution in [3.05, 3.63) is 6.42 Å². The van der Waals surface area contributed by atoms with Gasteiger partial charge in [0.15, 0.2) is 0 Å². The van der Waals surface area contributed by atoms with Gasteiger partial charge in [-0.15, -0.1) is 0 Å². The Morgan fingerprint density at radius 2 is 2.20 bits per heavy atom. The van der Waals surface area contributed by atoms with E-state index in [2.05, 4.69) is 17.1 Å². The van der Waals surface area contributed by atoms with Gasteiger partial charge in [-0.2, -0.15) is 0 Å². The van der Waals surface area contributed by atoms with Gasteiger partial charge in [0.1, 0.15) is 0 Å². The first-order valence-corrected chi connectivity index (χ1v) is 5.74. The van der Waals surface area contributed by atoms with Gasteiger partial charge < -0.3 is 10.4 Å². The molecule has 87 valence electrons. The number of aliphatic carboxylic acids is 1. The van der Waals surface area contributed by atoms with Gasteiger partial charge in [-0.25, -0.2) is 0 Å². The van der Waals surface area contributed by atoms with Crippen LogP contribution in [0.3, 0.4) is 0 Å². The van der Waals surface area contributed by atoms with Crippen molar-refractivity contribution < 1.29 is 9.90 Å². The Morgan fingerprint density at radius 1 is 1.53 bits per heavy atom. The highest BCUT2D eigenvalue weighted by molar-refractivity contribution is 5.68. The SMILES string of the molecule is CCCC([CH]CC(=O)O)N1CCNCC1. The average Bonchev–Trinajstić information content (AvgIpc) is 2.25. The predicted octanol–water partition coefficient (Wildman–Crippen LogP) is 0.739. The van der Waals surface area contributed by atoms with Gasteiger partial charge >= 0.3 is 5.97 Å². The number of carboxylic acids is 1. The third kappa shape index (κ3) is 4.62. The van der Waals surface area contributed by atoms with Crippen molar-refractivity contribution in [1.29, 1.82) is 0 Å². The van der Waals surface area contributed by atoms with Crippen molar-refractivity contribution in [3.63, 3.8) is 0 Å². The van der Waals surface area contributed by atoms with Crippen LogP contribution in [0.4, 0.5) is 0 Å². The van der Waals surface area contributed by atoms with Crippen LogP contribution in [0.1, 0.15) is 26.2 Å². The molecule has 15 heavy (non-hydrogen) atoms. The van der Waals surface area contributed by atoms with Gasteiger partial charge in [-0.3, -0.25) is 9.69 Å². The molecule has 0 amide bonds. The fourth-order valence-corrected chi connectivity index (χ4v) is 2.00. The summed E-state index contributed by atoms with van der Waals surface area (Å²) < 4.78 is 0. The zero-order chi connectivity index (χ0) is 11.1. The lowest BCUT2D eigenvalue weighted by Crippen LogP contribution is -2.48. The number of rotatable bonds is 6. The van der Waals surface area contributed by atoms with E-state index in [1.165, 1.54) is 0 Å². The number of hydrogen-bond acceptors (Lipinski definition) is 3. The molecule has 0 aromatic heterocycles. The summed E-state index contributed by atoms with van der Waals surface area (Å²) in [4.78, 5) is 12.9. The first-order chi connectivity index (χ1) is 7.24. The molecule has 4 heteroatoms. The van der Waals surface area contributed by atoms with Crippen molar-refractivity contribution >= 4 is 5.97 Å². The lowest BCUT2D eigenvalue weighted by molar-refractivity contribution is -0.136. The number of piperazine rings is 1. The van der Waals surface area contributed by atoms with Gasteiger partial charge in [-0.1, -0.05) is 13.3 Å². The monoisotopic (exact) mass is 213 g/mol. The Labute approximate surface area is 91.6 Å². The summed E-state index contributed by atoms with van der Waals surface area (Å²) in [5, 5.41) is 12.0. The first-order valence-electron chi connectivity index (χ1n) is 5.74. The van der Waals surface area contributed by atoms with E-state index in [1.807, 2.05) is 6.42 Å². The van der Waals surface area contributed by atoms with Crippen molar-refractivity contribution in [2.75, 3.05) is 26.2 Å². The van der Waals surface area contributed by atoms with Gasteiger partial charge in [0.2, 0.25) is 0 Å². The van der Waals surface area contributed by atoms with E-state index >= 15 is 0 Å². The third-order valence-corrected chi connectivity index (χ3v) is 2.77. The molecule has 1 atom stereocenters. The second-order valence-electron chi connectivity index (χ2n) is 3.98. The van der Waals surface area contributed by atoms with Crippen LogP contribution in [0.2, 0.25) is 0 Å². The van der Waals surface area contributed by atoms with Gasteiger partial charge in [-0.05, 0) is 12.8 Å². The summed E-state index contributed by atoms with van der Waals surface area (Å²) >= 11 is 0. The minimum absolute atomic E-state index is 0.175. The van der Waals surface area contributed by atoms with Gasteiger partial charge in [0.25, 0.3) is 0 Å². The molecule has 1 fully saturated rings. The first kappa shape index (κ1) is 12.5. The van der Waals surface area contributed by atoms with E-state index in [1.54, 1.807) is 0 Å². The molecule has 1 aliphatic heterocycles. The summed E-state index contributed by atoms with van der Waals surface area (Å²) in [6, 6.07) is 0.341. The minimum atomic E-state index is -0.730. The minimum Gasteiger partial charge on any atom is -0.481 e. The summed E-state index contributed by atoms with van der Waals surface area (Å²) in [5.41, 5.74) is 0. The highest BCUT2D eigenvalue weighted by Gasteiger charge is 2.20. The number of hydrogen-bond donors (Lipinski definition) is 2. The molecule has 1 rings (SSSR count). The fraction of sp³-hybridized carbons (Fsp3) is 0.818. The summed E-state index contributed by atoms with van der Waals surface area (Å²) in [6.07, 6.45) is 4.28. The Bertz CT molecular complexity index is 191. The average molecular weight is 213 g/mol. The number of nitrogens with one attached hydrogen (secondary N) is 1. The van der Waals surface area contributed by atoms with Gasteiger partial charge in [0, 0.05) is 38.6 Å². The van der Waals surface area contributed by atoms with Crippen molar-refractivity contribution in [2.24, 2.45) is 0 Å². The van der Waals surface area contributed by atoms with Crippen LogP contribution in [-0.2, 0) is 4.79 Å². The molecule has 0 aliphatic carbocycles. The maximum absolute atomic E-state index is 10.5. The molecule has 4 nitrogen and oxygen atoms in total. The van der Waals surface area contributed by atoms with Crippen LogP contribution in [0.25, 0.3) is 0 Å². The number of carboxylic acid groups (broad SMARTS) is 1. The zero-order valence-corrected chi connectivity index (χ0v) is 9.41. The molecule has 1 saturated heterocycles. The van der Waals surface area contributed by atoms with Crippen LogP contribution in [0.5, 0.6) is 0 Å². The number of carbonyl (C=O) groups is 1. The van der Waals surface area contributed by atoms with E-state index in [9.17, 15) is 4.79 Å². The Kier molecular flexibility index (Phi) is 5.65. The van der Waals surface area contributed by atoms with E-state index in [0.29, 0.717) is 6.04 Å². The molecule has 0 aromatic rings. The predicted molar refractivity (Wildman–Crippen MR) is 59.7 cm³/mol. The van der Waals surface area contributed by atoms with E-state index in [-0.39, 0.29) is 6.42 Å². The molecule has 0 spiro atoms. The maximum atomic E-state index is 10.5. The van der Waals surface area contributed by atoms with E-state index < -0.39 is 5.97 Å². The van der Waals surface area contributed by atoms with Crippen molar-refractivity contribution in [2.45, 2.75) is 32.2 Å². The molecule has 1 aliphatic rings. The van der Waals surface area contributed by atoms with Crippen LogP contribution < -0.4 is 5.32 Å². The van der Waals surface area contributed by atoms with E-state index in [4.69, 9.17) is 5.11 Å². The smallest absolute Gasteiger partial charge is 0.303 e. The quantitative estimate of drug-likeness (QED) is 0.683. The molecule has 1 unspecified atom stereocenters. The Balaban J connectivity index is 2.36. The van der Waals surface area contributed by atoms with Crippen LogP contribution >= 0.6 is 0 Å². The number of nitrogens with zero attached hydrogens (tertiary/aromatic N) is 1. The highest BCUT2D eigenvalue weighted by atomic mass is 16.4. The van der Waals surface area contributed by atoms with Crippen molar-refractivity contribution in [3.8, 4) is 0 Å². The second kappa shape index (κ2) is 6.80. The molecular formula is C11H21N2O2. The molecular weight excluding hydrogens is 192 g/mol. The van der Waals surface area contributed by atoms with Gasteiger partial charge in [0.05, 0.1) is 0 Å². The Hall–Kier alpha value is -0.610. The molecule has 0 saturated carbocycles. The topological polar surface area (TPSA) is 52.6 Å². The second-order valence-corrected chi connectivity index (χ2v) is 3.98. The third-order valence-electron chi connectivity index (χ3n) is 2.77. The summed E-state index contributed by atoms with van der Waals surface area (Å²) in [6.45, 7) is 6.23. The fourth-order valence-electron chi connectivity index (χ4n) is 2.00. The van der Waals surface area contributed by atoms with Crippen LogP contribution in [0.15, 0.2) is 0 Å². The zero-order valence-electron chi connectivity index (χ0n) is 9.41. The van der Waals surface area contributed by atoms with Crippen LogP contribution in [0, 0.1) is 6.42 Å². The van der Waals surface area contributed by atoms with Crippen LogP contribution in [-0.4, -0.2) is 48.2 Å². The Morgan fingerprint density at radius 3 is 2.73 bits per heavy atom. The molecule has 1 heterocycles. The standard InChI is InChI=1S/C11H21N2O2/c1-2-3-10(4-5-11(14)15)13-8-6-12-7-9-13/h4,10,12H,2-3,5-9H2,1H3,(H,14,15). The van der Waals surface area contributed by atoms with E-state index in [0.717, 1.165) is 39.0 Å². The largest absolute Gasteiger partial charge is 0.481 e. The molecule has 2 N–H and O–H groups in total. The highest BCUT2D eigenvalue weighted by Crippen LogP contribution is 2.13. The molecule has 0 bridgehead atoms. The van der Waals surface area contributed by atoms with Crippen molar-refractivity contribution in [1.82, 2.24) is 10.2 Å². The lowest BCUT2D eigenvalue weighted by Gasteiger charge is -2.34. The normalized spacial score (nSPS) is 20.1. The molecule has 1 radical (unpaired) electrons. The summed E-state index contributed by atoms with van der Waals surface area (Å²) in [5.74, 6) is -0.730. The lowest BCUT2D eigenvalue weighted by atomic mass is 10.0. The summed E-state index contributed by atoms with van der Waals surface area (Å²) in [7, 11) is 0.